The van der Waals surface area contributed by atoms with E-state index >= 15 is 0 Å². The van der Waals surface area contributed by atoms with Crippen LogP contribution in [0.25, 0.3) is 11.3 Å². The molecule has 0 saturated carbocycles. The van der Waals surface area contributed by atoms with Crippen molar-refractivity contribution in [3.63, 3.8) is 0 Å². The number of benzene rings is 1. The predicted molar refractivity (Wildman–Crippen MR) is 68.8 cm³/mol. The van der Waals surface area contributed by atoms with Crippen molar-refractivity contribution in [2.24, 2.45) is 5.73 Å². The van der Waals surface area contributed by atoms with Crippen LogP contribution in [0.3, 0.4) is 0 Å². The average molecular weight is 245 g/mol. The number of hydrogen-bond donors (Lipinski definition) is 2. The molecular weight excluding hydrogens is 230 g/mol. The van der Waals surface area contributed by atoms with Crippen LogP contribution in [0.5, 0.6) is 0 Å². The molecule has 5 nitrogen and oxygen atoms in total. The number of rotatable bonds is 4. The highest BCUT2D eigenvalue weighted by atomic mass is 16.4. The Balaban J connectivity index is 2.14. The zero-order valence-corrected chi connectivity index (χ0v) is 10.1. The van der Waals surface area contributed by atoms with E-state index < -0.39 is 0 Å². The monoisotopic (exact) mass is 245 g/mol. The molecule has 1 amide bonds. The summed E-state index contributed by atoms with van der Waals surface area (Å²) in [6.07, 6.45) is 2.10. The molecule has 0 bridgehead atoms. The van der Waals surface area contributed by atoms with E-state index in [2.05, 4.69) is 10.3 Å². The Labute approximate surface area is 105 Å². The fourth-order valence-corrected chi connectivity index (χ4v) is 1.51. The summed E-state index contributed by atoms with van der Waals surface area (Å²) < 4.78 is 5.44. The van der Waals surface area contributed by atoms with Crippen LogP contribution in [0, 0.1) is 0 Å². The number of nitrogens with two attached hydrogens (primary N) is 1. The van der Waals surface area contributed by atoms with Gasteiger partial charge in [-0.1, -0.05) is 6.92 Å². The second-order valence-corrected chi connectivity index (χ2v) is 3.80. The van der Waals surface area contributed by atoms with E-state index in [0.29, 0.717) is 18.1 Å². The molecule has 1 aromatic carbocycles. The van der Waals surface area contributed by atoms with E-state index in [-0.39, 0.29) is 12.5 Å². The minimum Gasteiger partial charge on any atom is -0.439 e. The largest absolute Gasteiger partial charge is 0.439 e. The molecule has 1 aromatic heterocycles. The number of nitrogens with one attached hydrogen (secondary N) is 1. The van der Waals surface area contributed by atoms with Gasteiger partial charge in [-0.25, -0.2) is 4.98 Å². The Kier molecular flexibility index (Phi) is 3.74. The molecule has 0 unspecified atom stereocenters. The molecule has 0 aliphatic heterocycles. The van der Waals surface area contributed by atoms with Gasteiger partial charge in [0.05, 0.1) is 12.7 Å². The topological polar surface area (TPSA) is 81.2 Å². The lowest BCUT2D eigenvalue weighted by molar-refractivity contribution is -0.115. The lowest BCUT2D eigenvalue weighted by Gasteiger charge is -2.03. The number of hydrogen-bond acceptors (Lipinski definition) is 4. The molecule has 0 aliphatic rings. The fourth-order valence-electron chi connectivity index (χ4n) is 1.51. The summed E-state index contributed by atoms with van der Waals surface area (Å²) in [6.45, 7) is 2.09. The van der Waals surface area contributed by atoms with Crippen LogP contribution in [0.1, 0.15) is 19.2 Å². The van der Waals surface area contributed by atoms with E-state index in [1.165, 1.54) is 0 Å². The Morgan fingerprint density at radius 3 is 2.67 bits per heavy atom. The van der Waals surface area contributed by atoms with Crippen LogP contribution < -0.4 is 11.1 Å². The second-order valence-electron chi connectivity index (χ2n) is 3.80. The number of aromatic nitrogens is 1. The first-order valence-corrected chi connectivity index (χ1v) is 5.78. The SMILES string of the molecule is CCC(=O)Nc1ccc(-c2cnc(CN)o2)cc1. The maximum Gasteiger partial charge on any atom is 0.224 e. The van der Waals surface area contributed by atoms with Gasteiger partial charge in [-0.2, -0.15) is 0 Å². The number of nitrogens with zero attached hydrogens (tertiary/aromatic N) is 1. The first-order chi connectivity index (χ1) is 8.72. The van der Waals surface area contributed by atoms with Gasteiger partial charge in [0.15, 0.2) is 5.76 Å². The molecule has 5 heteroatoms. The van der Waals surface area contributed by atoms with Crippen LogP contribution in [-0.2, 0) is 11.3 Å². The summed E-state index contributed by atoms with van der Waals surface area (Å²) in [6, 6.07) is 7.39. The standard InChI is InChI=1S/C13H15N3O2/c1-2-12(17)16-10-5-3-9(4-6-10)11-8-15-13(7-14)18-11/h3-6,8H,2,7,14H2,1H3,(H,16,17). The molecule has 18 heavy (non-hydrogen) atoms. The van der Waals surface area contributed by atoms with Crippen molar-refractivity contribution in [1.82, 2.24) is 4.98 Å². The summed E-state index contributed by atoms with van der Waals surface area (Å²) in [5, 5.41) is 2.78. The normalized spacial score (nSPS) is 10.3. The van der Waals surface area contributed by atoms with E-state index in [1.54, 1.807) is 6.20 Å². The molecule has 1 heterocycles. The number of carbonyl (C=O) groups excluding carboxylic acids is 1. The van der Waals surface area contributed by atoms with Crippen LogP contribution in [-0.4, -0.2) is 10.9 Å². The number of anilines is 1. The zero-order valence-electron chi connectivity index (χ0n) is 10.1. The summed E-state index contributed by atoms with van der Waals surface area (Å²) in [5.41, 5.74) is 7.10. The predicted octanol–water partition coefficient (Wildman–Crippen LogP) is 2.15. The van der Waals surface area contributed by atoms with Gasteiger partial charge >= 0.3 is 0 Å². The second kappa shape index (κ2) is 5.46. The Morgan fingerprint density at radius 2 is 2.11 bits per heavy atom. The van der Waals surface area contributed by atoms with Gasteiger partial charge in [0.1, 0.15) is 0 Å². The van der Waals surface area contributed by atoms with Crippen LogP contribution >= 0.6 is 0 Å². The fraction of sp³-hybridized carbons (Fsp3) is 0.231. The first kappa shape index (κ1) is 12.3. The van der Waals surface area contributed by atoms with Crippen molar-refractivity contribution < 1.29 is 9.21 Å². The van der Waals surface area contributed by atoms with Crippen molar-refractivity contribution in [2.75, 3.05) is 5.32 Å². The Bertz CT molecular complexity index is 531. The van der Waals surface area contributed by atoms with Crippen molar-refractivity contribution in [1.29, 1.82) is 0 Å². The number of amides is 1. The summed E-state index contributed by atoms with van der Waals surface area (Å²) in [4.78, 5) is 15.3. The minimum atomic E-state index is -0.00664. The maximum atomic E-state index is 11.2. The molecule has 0 saturated heterocycles. The van der Waals surface area contributed by atoms with Crippen molar-refractivity contribution in [3.05, 3.63) is 36.4 Å². The van der Waals surface area contributed by atoms with Gasteiger partial charge in [-0.15, -0.1) is 0 Å². The third-order valence-electron chi connectivity index (χ3n) is 2.50. The molecule has 3 N–H and O–H groups in total. The first-order valence-electron chi connectivity index (χ1n) is 5.78. The smallest absolute Gasteiger partial charge is 0.224 e. The Morgan fingerprint density at radius 1 is 1.39 bits per heavy atom. The number of oxazole rings is 1. The molecule has 0 atom stereocenters. The molecule has 0 spiro atoms. The highest BCUT2D eigenvalue weighted by Gasteiger charge is 2.05. The average Bonchev–Trinajstić information content (AvgIpc) is 2.88. The van der Waals surface area contributed by atoms with Gasteiger partial charge in [-0.05, 0) is 24.3 Å². The molecule has 0 fully saturated rings. The van der Waals surface area contributed by atoms with Gasteiger partial charge in [0, 0.05) is 17.7 Å². The third-order valence-corrected chi connectivity index (χ3v) is 2.50. The van der Waals surface area contributed by atoms with Crippen molar-refractivity contribution >= 4 is 11.6 Å². The highest BCUT2D eigenvalue weighted by Crippen LogP contribution is 2.22. The lowest BCUT2D eigenvalue weighted by Crippen LogP contribution is -2.08. The molecule has 2 rings (SSSR count). The quantitative estimate of drug-likeness (QED) is 0.864. The van der Waals surface area contributed by atoms with E-state index in [0.717, 1.165) is 11.3 Å². The van der Waals surface area contributed by atoms with Crippen molar-refractivity contribution in [2.45, 2.75) is 19.9 Å². The molecule has 0 aliphatic carbocycles. The highest BCUT2D eigenvalue weighted by molar-refractivity contribution is 5.90. The minimum absolute atomic E-state index is 0.00664. The zero-order chi connectivity index (χ0) is 13.0. The summed E-state index contributed by atoms with van der Waals surface area (Å²) >= 11 is 0. The molecule has 2 aromatic rings. The summed E-state index contributed by atoms with van der Waals surface area (Å²) in [7, 11) is 0. The third kappa shape index (κ3) is 2.75. The summed E-state index contributed by atoms with van der Waals surface area (Å²) in [5.74, 6) is 1.17. The van der Waals surface area contributed by atoms with Gasteiger partial charge in [0.2, 0.25) is 11.8 Å². The van der Waals surface area contributed by atoms with E-state index in [4.69, 9.17) is 10.2 Å². The van der Waals surface area contributed by atoms with Crippen LogP contribution in [0.4, 0.5) is 5.69 Å². The van der Waals surface area contributed by atoms with Gasteiger partial charge < -0.3 is 15.5 Å². The molecular formula is C13H15N3O2. The van der Waals surface area contributed by atoms with E-state index in [9.17, 15) is 4.79 Å². The number of carbonyl (C=O) groups is 1. The maximum absolute atomic E-state index is 11.2. The van der Waals surface area contributed by atoms with Crippen LogP contribution in [0.15, 0.2) is 34.9 Å². The van der Waals surface area contributed by atoms with Crippen molar-refractivity contribution in [3.8, 4) is 11.3 Å². The Hall–Kier alpha value is -2.14. The lowest BCUT2D eigenvalue weighted by atomic mass is 10.1. The van der Waals surface area contributed by atoms with E-state index in [1.807, 2.05) is 31.2 Å². The van der Waals surface area contributed by atoms with Gasteiger partial charge in [-0.3, -0.25) is 4.79 Å². The molecule has 94 valence electrons. The molecule has 0 radical (unpaired) electrons. The van der Waals surface area contributed by atoms with Crippen LogP contribution in [0.2, 0.25) is 0 Å². The van der Waals surface area contributed by atoms with Gasteiger partial charge in [0.25, 0.3) is 0 Å².